The van der Waals surface area contributed by atoms with Crippen molar-refractivity contribution in [2.45, 2.75) is 0 Å². The fourth-order valence-electron chi connectivity index (χ4n) is 7.67. The van der Waals surface area contributed by atoms with Gasteiger partial charge in [-0.15, -0.1) is 0 Å². The Morgan fingerprint density at radius 2 is 0.661 bits per heavy atom. The summed E-state index contributed by atoms with van der Waals surface area (Å²) in [7, 11) is 0. The van der Waals surface area contributed by atoms with E-state index < -0.39 is 0 Å². The highest BCUT2D eigenvalue weighted by atomic mass is 15.1. The van der Waals surface area contributed by atoms with Gasteiger partial charge >= 0.3 is 0 Å². The van der Waals surface area contributed by atoms with Gasteiger partial charge in [-0.1, -0.05) is 146 Å². The van der Waals surface area contributed by atoms with E-state index >= 15 is 0 Å². The summed E-state index contributed by atoms with van der Waals surface area (Å²) in [6.45, 7) is 0. The molecular weight excluding hydrogens is 717 g/mol. The van der Waals surface area contributed by atoms with Crippen molar-refractivity contribution < 1.29 is 5.48 Å². The zero-order chi connectivity index (χ0) is 42.9. The lowest BCUT2D eigenvalue weighted by atomic mass is 10.0. The summed E-state index contributed by atoms with van der Waals surface area (Å²) in [5.41, 5.74) is 12.6. The lowest BCUT2D eigenvalue weighted by molar-refractivity contribution is 1.10. The molecule has 0 saturated carbocycles. The lowest BCUT2D eigenvalue weighted by Crippen LogP contribution is -2.09. The topological polar surface area (TPSA) is 24.3 Å². The second-order valence-corrected chi connectivity index (χ2v) is 14.2. The number of hydrogen-bond acceptors (Lipinski definition) is 3. The van der Waals surface area contributed by atoms with Gasteiger partial charge in [0, 0.05) is 45.4 Å². The molecule has 0 fully saturated rings. The number of nitrogens with zero attached hydrogens (tertiary/aromatic N) is 4. The van der Waals surface area contributed by atoms with Gasteiger partial charge in [0.15, 0.2) is 0 Å². The fraction of sp³-hybridized carbons (Fsp3) is 0. The summed E-state index contributed by atoms with van der Waals surface area (Å²) in [5, 5.41) is 0. The SMILES string of the molecule is [2H]c1c([2H])c([2H])c2c(nc(-c3ccc(-c4ccc(N(c5ccccc5)c5ccccc5)cc4)cc3)n2-c2ccc(-c3ccc(N(c4ccccc4)c4ccccc4)cc3)cc2)c1[2H]. The van der Waals surface area contributed by atoms with Crippen molar-refractivity contribution in [2.24, 2.45) is 0 Å². The van der Waals surface area contributed by atoms with Crippen LogP contribution in [0, 0.1) is 0 Å². The van der Waals surface area contributed by atoms with Gasteiger partial charge in [0.05, 0.1) is 16.5 Å². The molecule has 0 unspecified atom stereocenters. The molecule has 10 aromatic rings. The largest absolute Gasteiger partial charge is 0.311 e. The van der Waals surface area contributed by atoms with Gasteiger partial charge in [-0.3, -0.25) is 4.57 Å². The summed E-state index contributed by atoms with van der Waals surface area (Å²) in [6, 6.07) is 73.6. The van der Waals surface area contributed by atoms with Gasteiger partial charge in [0.25, 0.3) is 0 Å². The number of benzene rings is 9. The highest BCUT2D eigenvalue weighted by molar-refractivity contribution is 5.85. The van der Waals surface area contributed by atoms with Gasteiger partial charge in [0.2, 0.25) is 0 Å². The molecule has 0 aliphatic rings. The summed E-state index contributed by atoms with van der Waals surface area (Å²) >= 11 is 0. The second kappa shape index (κ2) is 15.9. The Morgan fingerprint density at radius 3 is 1.07 bits per heavy atom. The van der Waals surface area contributed by atoms with Gasteiger partial charge in [0.1, 0.15) is 5.82 Å². The third kappa shape index (κ3) is 7.16. The van der Waals surface area contributed by atoms with Gasteiger partial charge in [-0.05, 0) is 119 Å². The van der Waals surface area contributed by atoms with E-state index in [-0.39, 0.29) is 29.7 Å². The van der Waals surface area contributed by atoms with Crippen LogP contribution in [0.5, 0.6) is 0 Å². The molecule has 59 heavy (non-hydrogen) atoms. The second-order valence-electron chi connectivity index (χ2n) is 14.2. The van der Waals surface area contributed by atoms with Crippen LogP contribution in [0.4, 0.5) is 34.1 Å². The van der Waals surface area contributed by atoms with Crippen molar-refractivity contribution in [3.05, 3.63) is 243 Å². The van der Waals surface area contributed by atoms with Crippen molar-refractivity contribution in [2.75, 3.05) is 9.80 Å². The van der Waals surface area contributed by atoms with Crippen LogP contribution < -0.4 is 9.80 Å². The molecule has 0 spiro atoms. The minimum absolute atomic E-state index is 0.137. The minimum Gasteiger partial charge on any atom is -0.311 e. The first-order valence-corrected chi connectivity index (χ1v) is 19.6. The van der Waals surface area contributed by atoms with Gasteiger partial charge in [-0.2, -0.15) is 0 Å². The smallest absolute Gasteiger partial charge is 0.145 e. The Balaban J connectivity index is 0.978. The maximum absolute atomic E-state index is 8.99. The number of fused-ring (bicyclic) bond motifs is 1. The molecule has 1 aromatic heterocycles. The maximum atomic E-state index is 8.99. The molecule has 280 valence electrons. The van der Waals surface area contributed by atoms with Crippen LogP contribution in [-0.2, 0) is 0 Å². The molecule has 10 rings (SSSR count). The molecule has 9 aromatic carbocycles. The molecule has 0 saturated heterocycles. The normalized spacial score (nSPS) is 12.0. The zero-order valence-corrected chi connectivity index (χ0v) is 32.1. The van der Waals surface area contributed by atoms with E-state index in [0.29, 0.717) is 11.3 Å². The van der Waals surface area contributed by atoms with E-state index in [4.69, 9.17) is 10.5 Å². The summed E-state index contributed by atoms with van der Waals surface area (Å²) in [6.07, 6.45) is 0. The van der Waals surface area contributed by atoms with E-state index in [1.54, 1.807) is 0 Å². The molecule has 0 aliphatic carbocycles. The molecule has 0 aliphatic heterocycles. The van der Waals surface area contributed by atoms with Crippen molar-refractivity contribution in [1.82, 2.24) is 9.55 Å². The molecule has 0 N–H and O–H groups in total. The van der Waals surface area contributed by atoms with Crippen molar-refractivity contribution in [3.63, 3.8) is 0 Å². The lowest BCUT2D eigenvalue weighted by Gasteiger charge is -2.25. The molecule has 0 radical (unpaired) electrons. The van der Waals surface area contributed by atoms with Crippen LogP contribution in [0.15, 0.2) is 243 Å². The van der Waals surface area contributed by atoms with E-state index in [0.717, 1.165) is 67.6 Å². The van der Waals surface area contributed by atoms with Gasteiger partial charge < -0.3 is 9.80 Å². The Bertz CT molecular complexity index is 3080. The average molecular weight is 761 g/mol. The summed E-state index contributed by atoms with van der Waals surface area (Å²) in [4.78, 5) is 9.38. The van der Waals surface area contributed by atoms with Crippen LogP contribution in [0.2, 0.25) is 0 Å². The van der Waals surface area contributed by atoms with Crippen LogP contribution in [0.1, 0.15) is 5.48 Å². The first-order valence-electron chi connectivity index (χ1n) is 21.6. The van der Waals surface area contributed by atoms with Crippen LogP contribution >= 0.6 is 0 Å². The highest BCUT2D eigenvalue weighted by Crippen LogP contribution is 2.38. The third-order valence-electron chi connectivity index (χ3n) is 10.5. The predicted molar refractivity (Wildman–Crippen MR) is 247 cm³/mol. The standard InChI is InChI=1S/C55H40N4/c1-5-15-46(16-6-1)57(47-17-7-2-8-18-47)50-35-29-42(30-36-50)41-25-27-45(28-26-41)55-56-53-23-13-14-24-54(53)59(55)52-39-33-44(34-40-52)43-31-37-51(38-32-43)58(48-19-9-3-10-20-48)49-21-11-4-12-22-49/h1-40H/i13D,14D,23D,24D. The van der Waals surface area contributed by atoms with E-state index in [1.165, 1.54) is 0 Å². The Morgan fingerprint density at radius 1 is 0.339 bits per heavy atom. The Hall–Kier alpha value is -7.95. The van der Waals surface area contributed by atoms with Crippen molar-refractivity contribution >= 4 is 45.2 Å². The minimum atomic E-state index is -0.308. The van der Waals surface area contributed by atoms with Crippen LogP contribution in [-0.4, -0.2) is 9.55 Å². The molecule has 0 atom stereocenters. The average Bonchev–Trinajstić information content (AvgIpc) is 3.76. The summed E-state index contributed by atoms with van der Waals surface area (Å²) < 4.78 is 36.6. The third-order valence-corrected chi connectivity index (χ3v) is 10.5. The Labute approximate surface area is 350 Å². The van der Waals surface area contributed by atoms with Crippen molar-refractivity contribution in [1.29, 1.82) is 0 Å². The van der Waals surface area contributed by atoms with Crippen molar-refractivity contribution in [3.8, 4) is 39.3 Å². The zero-order valence-electron chi connectivity index (χ0n) is 36.1. The van der Waals surface area contributed by atoms with Crippen LogP contribution in [0.3, 0.4) is 0 Å². The quantitative estimate of drug-likeness (QED) is 0.139. The van der Waals surface area contributed by atoms with E-state index in [2.05, 4.69) is 119 Å². The molecule has 0 bridgehead atoms. The number of hydrogen-bond donors (Lipinski definition) is 0. The summed E-state index contributed by atoms with van der Waals surface area (Å²) in [5.74, 6) is 0.527. The fourth-order valence-corrected chi connectivity index (χ4v) is 7.67. The van der Waals surface area contributed by atoms with E-state index in [9.17, 15) is 0 Å². The number of imidazole rings is 1. The molecule has 0 amide bonds. The predicted octanol–water partition coefficient (Wildman–Crippen LogP) is 15.0. The first-order chi connectivity index (χ1) is 30.9. The number of aromatic nitrogens is 2. The molecule has 1 heterocycles. The Kier molecular flexibility index (Phi) is 8.40. The maximum Gasteiger partial charge on any atom is 0.145 e. The monoisotopic (exact) mass is 760 g/mol. The molecule has 4 nitrogen and oxygen atoms in total. The van der Waals surface area contributed by atoms with Gasteiger partial charge in [-0.25, -0.2) is 4.98 Å². The molecule has 4 heteroatoms. The highest BCUT2D eigenvalue weighted by Gasteiger charge is 2.17. The van der Waals surface area contributed by atoms with E-state index in [1.807, 2.05) is 114 Å². The molecular formula is C55H40N4. The number of anilines is 6. The number of rotatable bonds is 10. The number of para-hydroxylation sites is 6. The first kappa shape index (κ1) is 31.2. The van der Waals surface area contributed by atoms with Crippen LogP contribution in [0.25, 0.3) is 50.4 Å².